The third kappa shape index (κ3) is 3.04. The molecule has 0 aromatic heterocycles. The van der Waals surface area contributed by atoms with Gasteiger partial charge in [0.1, 0.15) is 0 Å². The quantitative estimate of drug-likeness (QED) is 0.594. The highest BCUT2D eigenvalue weighted by Crippen LogP contribution is 2.19. The van der Waals surface area contributed by atoms with Crippen molar-refractivity contribution in [3.8, 4) is 0 Å². The average molecular weight is 233 g/mol. The molecule has 86 valence electrons. The van der Waals surface area contributed by atoms with E-state index in [4.69, 9.17) is 0 Å². The first-order chi connectivity index (χ1) is 7.30. The monoisotopic (exact) mass is 233 g/mol. The number of Topliss-reactive ketones (excluding diaryl/α,β-unsaturated/α-hetero) is 1. The smallest absolute Gasteiger partial charge is 0.289 e. The summed E-state index contributed by atoms with van der Waals surface area (Å²) in [6.45, 7) is 0. The third-order valence-electron chi connectivity index (χ3n) is 1.83. The van der Waals surface area contributed by atoms with Crippen molar-refractivity contribution in [2.75, 3.05) is 0 Å². The van der Waals surface area contributed by atoms with E-state index in [1.807, 2.05) is 0 Å². The minimum atomic E-state index is -4.87. The number of non-ortho nitro benzene ring substituents is 1. The van der Waals surface area contributed by atoms with Gasteiger partial charge in [-0.05, 0) is 5.56 Å². The predicted molar refractivity (Wildman–Crippen MR) is 47.9 cm³/mol. The summed E-state index contributed by atoms with van der Waals surface area (Å²) in [5, 5.41) is 10.3. The first kappa shape index (κ1) is 12.2. The van der Waals surface area contributed by atoms with Gasteiger partial charge in [0.25, 0.3) is 5.69 Å². The van der Waals surface area contributed by atoms with Crippen molar-refractivity contribution in [3.63, 3.8) is 0 Å². The summed E-state index contributed by atoms with van der Waals surface area (Å²) >= 11 is 0. The van der Waals surface area contributed by atoms with E-state index in [9.17, 15) is 28.1 Å². The number of hydrogen-bond donors (Lipinski definition) is 0. The molecule has 0 aliphatic heterocycles. The largest absolute Gasteiger partial charge is 0.450 e. The molecular weight excluding hydrogens is 227 g/mol. The third-order valence-corrected chi connectivity index (χ3v) is 1.83. The number of benzene rings is 1. The lowest BCUT2D eigenvalue weighted by molar-refractivity contribution is -0.384. The molecule has 1 aromatic carbocycles. The van der Waals surface area contributed by atoms with Gasteiger partial charge in [-0.3, -0.25) is 14.9 Å². The fraction of sp³-hybridized carbons (Fsp3) is 0.222. The topological polar surface area (TPSA) is 60.2 Å². The van der Waals surface area contributed by atoms with Crippen molar-refractivity contribution < 1.29 is 22.9 Å². The molecular formula is C9H6F3NO3. The zero-order chi connectivity index (χ0) is 12.3. The average Bonchev–Trinajstić information content (AvgIpc) is 2.17. The van der Waals surface area contributed by atoms with E-state index in [1.165, 1.54) is 0 Å². The highest BCUT2D eigenvalue weighted by atomic mass is 19.4. The predicted octanol–water partition coefficient (Wildman–Crippen LogP) is 2.27. The molecule has 0 spiro atoms. The van der Waals surface area contributed by atoms with Crippen LogP contribution >= 0.6 is 0 Å². The van der Waals surface area contributed by atoms with Crippen LogP contribution in [0.5, 0.6) is 0 Å². The fourth-order valence-corrected chi connectivity index (χ4v) is 1.02. The van der Waals surface area contributed by atoms with Crippen LogP contribution < -0.4 is 0 Å². The second-order valence-corrected chi connectivity index (χ2v) is 3.02. The molecule has 0 amide bonds. The van der Waals surface area contributed by atoms with Crippen LogP contribution in [0.2, 0.25) is 0 Å². The van der Waals surface area contributed by atoms with Gasteiger partial charge in [0.15, 0.2) is 0 Å². The minimum absolute atomic E-state index is 0.0907. The molecule has 0 N–H and O–H groups in total. The fourth-order valence-electron chi connectivity index (χ4n) is 1.02. The Hall–Kier alpha value is -1.92. The van der Waals surface area contributed by atoms with Gasteiger partial charge in [-0.1, -0.05) is 12.1 Å². The van der Waals surface area contributed by atoms with Gasteiger partial charge >= 0.3 is 6.18 Å². The van der Waals surface area contributed by atoms with Gasteiger partial charge in [0.2, 0.25) is 5.78 Å². The standard InChI is InChI=1S/C9H6F3NO3/c10-9(11,12)8(14)5-6-1-3-7(4-2-6)13(15)16/h1-4H,5H2. The van der Waals surface area contributed by atoms with Crippen LogP contribution in [0.1, 0.15) is 5.56 Å². The van der Waals surface area contributed by atoms with Crippen LogP contribution in [0.3, 0.4) is 0 Å². The number of nitro groups is 1. The molecule has 4 nitrogen and oxygen atoms in total. The lowest BCUT2D eigenvalue weighted by Gasteiger charge is -2.04. The van der Waals surface area contributed by atoms with Gasteiger partial charge in [0, 0.05) is 18.6 Å². The maximum absolute atomic E-state index is 11.9. The Balaban J connectivity index is 2.77. The SMILES string of the molecule is O=C(Cc1ccc([N+](=O)[O-])cc1)C(F)(F)F. The van der Waals surface area contributed by atoms with Crippen molar-refractivity contribution >= 4 is 11.5 Å². The number of ketones is 1. The van der Waals surface area contributed by atoms with E-state index in [1.54, 1.807) is 0 Å². The minimum Gasteiger partial charge on any atom is -0.289 e. The summed E-state index contributed by atoms with van der Waals surface area (Å²) in [6.07, 6.45) is -5.68. The van der Waals surface area contributed by atoms with E-state index in [0.717, 1.165) is 24.3 Å². The summed E-state index contributed by atoms with van der Waals surface area (Å²) in [7, 11) is 0. The van der Waals surface area contributed by atoms with E-state index in [0.29, 0.717) is 0 Å². The lowest BCUT2D eigenvalue weighted by Crippen LogP contribution is -2.24. The Kier molecular flexibility index (Phi) is 3.26. The molecule has 0 saturated carbocycles. The molecule has 0 bridgehead atoms. The van der Waals surface area contributed by atoms with Gasteiger partial charge in [-0.15, -0.1) is 0 Å². The highest BCUT2D eigenvalue weighted by molar-refractivity contribution is 5.86. The summed E-state index contributed by atoms with van der Waals surface area (Å²) in [4.78, 5) is 20.2. The van der Waals surface area contributed by atoms with Crippen molar-refractivity contribution in [1.82, 2.24) is 0 Å². The van der Waals surface area contributed by atoms with E-state index in [2.05, 4.69) is 0 Å². The number of nitrogens with zero attached hydrogens (tertiary/aromatic N) is 1. The number of alkyl halides is 3. The number of hydrogen-bond acceptors (Lipinski definition) is 3. The molecule has 0 atom stereocenters. The number of carbonyl (C=O) groups excluding carboxylic acids is 1. The molecule has 7 heteroatoms. The second kappa shape index (κ2) is 4.30. The molecule has 0 radical (unpaired) electrons. The van der Waals surface area contributed by atoms with E-state index in [-0.39, 0.29) is 11.3 Å². The molecule has 0 saturated heterocycles. The maximum Gasteiger partial charge on any atom is 0.450 e. The zero-order valence-corrected chi connectivity index (χ0v) is 7.82. The van der Waals surface area contributed by atoms with Gasteiger partial charge in [-0.25, -0.2) is 0 Å². The Morgan fingerprint density at radius 1 is 1.25 bits per heavy atom. The van der Waals surface area contributed by atoms with Gasteiger partial charge in [0.05, 0.1) is 4.92 Å². The Morgan fingerprint density at radius 3 is 2.12 bits per heavy atom. The Morgan fingerprint density at radius 2 is 1.75 bits per heavy atom. The Labute approximate surface area is 87.8 Å². The van der Waals surface area contributed by atoms with Crippen LogP contribution in [-0.2, 0) is 11.2 Å². The van der Waals surface area contributed by atoms with Crippen LogP contribution in [0.15, 0.2) is 24.3 Å². The molecule has 0 aliphatic rings. The molecule has 1 rings (SSSR count). The van der Waals surface area contributed by atoms with Gasteiger partial charge < -0.3 is 0 Å². The molecule has 0 heterocycles. The first-order valence-electron chi connectivity index (χ1n) is 4.14. The Bertz CT molecular complexity index is 411. The van der Waals surface area contributed by atoms with Crippen molar-refractivity contribution in [2.45, 2.75) is 12.6 Å². The van der Waals surface area contributed by atoms with Crippen LogP contribution in [0, 0.1) is 10.1 Å². The molecule has 1 aromatic rings. The molecule has 0 aliphatic carbocycles. The number of carbonyl (C=O) groups is 1. The highest BCUT2D eigenvalue weighted by Gasteiger charge is 2.37. The van der Waals surface area contributed by atoms with Crippen molar-refractivity contribution in [1.29, 1.82) is 0 Å². The summed E-state index contributed by atoms with van der Waals surface area (Å²) < 4.78 is 35.7. The summed E-state index contributed by atoms with van der Waals surface area (Å²) in [6, 6.07) is 4.36. The van der Waals surface area contributed by atoms with Crippen molar-refractivity contribution in [2.24, 2.45) is 0 Å². The van der Waals surface area contributed by atoms with E-state index >= 15 is 0 Å². The van der Waals surface area contributed by atoms with E-state index < -0.39 is 23.3 Å². The zero-order valence-electron chi connectivity index (χ0n) is 7.82. The normalized spacial score (nSPS) is 11.2. The van der Waals surface area contributed by atoms with Crippen LogP contribution in [-0.4, -0.2) is 16.9 Å². The lowest BCUT2D eigenvalue weighted by atomic mass is 10.1. The van der Waals surface area contributed by atoms with Crippen LogP contribution in [0.25, 0.3) is 0 Å². The first-order valence-corrected chi connectivity index (χ1v) is 4.14. The molecule has 0 unspecified atom stereocenters. The van der Waals surface area contributed by atoms with Crippen molar-refractivity contribution in [3.05, 3.63) is 39.9 Å². The number of rotatable bonds is 3. The summed E-state index contributed by atoms with van der Waals surface area (Å²) in [5.74, 6) is -1.87. The van der Waals surface area contributed by atoms with Crippen LogP contribution in [0.4, 0.5) is 18.9 Å². The second-order valence-electron chi connectivity index (χ2n) is 3.02. The molecule has 16 heavy (non-hydrogen) atoms. The number of halogens is 3. The molecule has 0 fully saturated rings. The van der Waals surface area contributed by atoms with Gasteiger partial charge in [-0.2, -0.15) is 13.2 Å². The summed E-state index contributed by atoms with van der Waals surface area (Å²) in [5.41, 5.74) is -0.142. The maximum atomic E-state index is 11.9. The number of nitro benzene ring substituents is 1.